The van der Waals surface area contributed by atoms with Crippen molar-refractivity contribution in [3.05, 3.63) is 45.5 Å². The number of hydrogen-bond acceptors (Lipinski definition) is 6. The number of carbonyl (C=O) groups excluding carboxylic acids is 1. The maximum atomic E-state index is 12.4. The number of carbonyl (C=O) groups is 1. The van der Waals surface area contributed by atoms with Gasteiger partial charge in [0.1, 0.15) is 10.7 Å². The maximum Gasteiger partial charge on any atom is 0.273 e. The molecule has 1 saturated heterocycles. The number of rotatable bonds is 4. The first-order valence-corrected chi connectivity index (χ1v) is 8.16. The number of nitro benzene ring substituents is 1. The first kappa shape index (κ1) is 15.6. The number of nitro groups is 1. The molecule has 0 bridgehead atoms. The number of aromatic nitrogens is 1. The van der Waals surface area contributed by atoms with Crippen molar-refractivity contribution in [3.8, 4) is 10.6 Å². The third kappa shape index (κ3) is 3.22. The standard InChI is InChI=1S/C15H16N4O3S/c16-7-10-5-6-18(8-10)15(20)13-9-23-14(17-13)11-1-3-12(4-2-11)19(21)22/h1-4,9-10H,5-8,16H2. The molecule has 1 atom stereocenters. The quantitative estimate of drug-likeness (QED) is 0.682. The third-order valence-electron chi connectivity index (χ3n) is 3.95. The van der Waals surface area contributed by atoms with E-state index >= 15 is 0 Å². The van der Waals surface area contributed by atoms with Crippen LogP contribution < -0.4 is 5.73 Å². The van der Waals surface area contributed by atoms with Crippen LogP contribution >= 0.6 is 11.3 Å². The summed E-state index contributed by atoms with van der Waals surface area (Å²) in [5.74, 6) is 0.289. The minimum absolute atomic E-state index is 0.0338. The fourth-order valence-corrected chi connectivity index (χ4v) is 3.40. The summed E-state index contributed by atoms with van der Waals surface area (Å²) < 4.78 is 0. The molecule has 1 aromatic heterocycles. The van der Waals surface area contributed by atoms with E-state index in [4.69, 9.17) is 5.73 Å². The summed E-state index contributed by atoms with van der Waals surface area (Å²) >= 11 is 1.36. The summed E-state index contributed by atoms with van der Waals surface area (Å²) in [6, 6.07) is 6.16. The Labute approximate surface area is 136 Å². The molecule has 1 aliphatic heterocycles. The number of hydrogen-bond donors (Lipinski definition) is 1. The Hall–Kier alpha value is -2.32. The number of nitrogens with two attached hydrogens (primary N) is 1. The molecule has 7 nitrogen and oxygen atoms in total. The highest BCUT2D eigenvalue weighted by Crippen LogP contribution is 2.27. The van der Waals surface area contributed by atoms with E-state index < -0.39 is 4.92 Å². The number of likely N-dealkylation sites (tertiary alicyclic amines) is 1. The van der Waals surface area contributed by atoms with E-state index in [1.807, 2.05) is 0 Å². The number of thiazole rings is 1. The van der Waals surface area contributed by atoms with Gasteiger partial charge < -0.3 is 10.6 Å². The van der Waals surface area contributed by atoms with Crippen molar-refractivity contribution in [2.24, 2.45) is 11.7 Å². The van der Waals surface area contributed by atoms with Crippen molar-refractivity contribution < 1.29 is 9.72 Å². The van der Waals surface area contributed by atoms with Gasteiger partial charge in [-0.2, -0.15) is 0 Å². The van der Waals surface area contributed by atoms with Crippen molar-refractivity contribution in [2.75, 3.05) is 19.6 Å². The van der Waals surface area contributed by atoms with Gasteiger partial charge in [0.2, 0.25) is 0 Å². The molecule has 1 unspecified atom stereocenters. The summed E-state index contributed by atoms with van der Waals surface area (Å²) in [7, 11) is 0. The Morgan fingerprint density at radius 1 is 1.43 bits per heavy atom. The predicted molar refractivity (Wildman–Crippen MR) is 87.3 cm³/mol. The summed E-state index contributed by atoms with van der Waals surface area (Å²) in [6.07, 6.45) is 0.932. The van der Waals surface area contributed by atoms with Gasteiger partial charge in [-0.25, -0.2) is 4.98 Å². The molecule has 1 amide bonds. The molecular weight excluding hydrogens is 316 g/mol. The van der Waals surface area contributed by atoms with Crippen LogP contribution in [-0.4, -0.2) is 40.3 Å². The summed E-state index contributed by atoms with van der Waals surface area (Å²) in [5.41, 5.74) is 6.87. The van der Waals surface area contributed by atoms with Gasteiger partial charge in [-0.15, -0.1) is 11.3 Å². The van der Waals surface area contributed by atoms with Crippen molar-refractivity contribution in [1.82, 2.24) is 9.88 Å². The van der Waals surface area contributed by atoms with E-state index in [-0.39, 0.29) is 11.6 Å². The Morgan fingerprint density at radius 2 is 2.17 bits per heavy atom. The zero-order valence-corrected chi connectivity index (χ0v) is 13.2. The minimum Gasteiger partial charge on any atom is -0.337 e. The van der Waals surface area contributed by atoms with Gasteiger partial charge in [0, 0.05) is 36.2 Å². The van der Waals surface area contributed by atoms with Crippen LogP contribution in [0.5, 0.6) is 0 Å². The van der Waals surface area contributed by atoms with E-state index in [9.17, 15) is 14.9 Å². The molecule has 0 radical (unpaired) electrons. The Balaban J connectivity index is 1.75. The van der Waals surface area contributed by atoms with Crippen LogP contribution in [-0.2, 0) is 0 Å². The average molecular weight is 332 g/mol. The lowest BCUT2D eigenvalue weighted by atomic mass is 10.1. The fraction of sp³-hybridized carbons (Fsp3) is 0.333. The van der Waals surface area contributed by atoms with Crippen molar-refractivity contribution in [2.45, 2.75) is 6.42 Å². The molecule has 0 spiro atoms. The van der Waals surface area contributed by atoms with E-state index in [1.165, 1.54) is 23.5 Å². The Bertz CT molecular complexity index is 729. The highest BCUT2D eigenvalue weighted by Gasteiger charge is 2.27. The zero-order chi connectivity index (χ0) is 16.4. The molecule has 1 aliphatic rings. The first-order valence-electron chi connectivity index (χ1n) is 7.28. The van der Waals surface area contributed by atoms with Gasteiger partial charge in [-0.1, -0.05) is 0 Å². The second-order valence-corrected chi connectivity index (χ2v) is 6.34. The van der Waals surface area contributed by atoms with Gasteiger partial charge in [-0.05, 0) is 31.0 Å². The molecule has 1 fully saturated rings. The lowest BCUT2D eigenvalue weighted by molar-refractivity contribution is -0.384. The Kier molecular flexibility index (Phi) is 4.35. The van der Waals surface area contributed by atoms with Crippen LogP contribution in [0.25, 0.3) is 10.6 Å². The van der Waals surface area contributed by atoms with Gasteiger partial charge in [-0.3, -0.25) is 14.9 Å². The monoisotopic (exact) mass is 332 g/mol. The predicted octanol–water partition coefficient (Wildman–Crippen LogP) is 2.14. The molecule has 1 aromatic carbocycles. The first-order chi connectivity index (χ1) is 11.1. The van der Waals surface area contributed by atoms with E-state index in [0.29, 0.717) is 36.3 Å². The van der Waals surface area contributed by atoms with Gasteiger partial charge in [0.25, 0.3) is 11.6 Å². The molecule has 2 heterocycles. The molecule has 2 aromatic rings. The second-order valence-electron chi connectivity index (χ2n) is 5.48. The van der Waals surface area contributed by atoms with Gasteiger partial charge in [0.05, 0.1) is 4.92 Å². The molecule has 120 valence electrons. The lowest BCUT2D eigenvalue weighted by Crippen LogP contribution is -2.30. The van der Waals surface area contributed by atoms with Crippen LogP contribution in [0.4, 0.5) is 5.69 Å². The third-order valence-corrected chi connectivity index (χ3v) is 4.85. The van der Waals surface area contributed by atoms with Crippen LogP contribution in [0.15, 0.2) is 29.6 Å². The van der Waals surface area contributed by atoms with Crippen LogP contribution in [0.1, 0.15) is 16.9 Å². The van der Waals surface area contributed by atoms with Gasteiger partial charge >= 0.3 is 0 Å². The molecule has 8 heteroatoms. The number of benzene rings is 1. The molecule has 0 aliphatic carbocycles. The number of amides is 1. The SMILES string of the molecule is NCC1CCN(C(=O)c2csc(-c3ccc([N+](=O)[O-])cc3)n2)C1. The van der Waals surface area contributed by atoms with E-state index in [2.05, 4.69) is 4.98 Å². The second kappa shape index (κ2) is 6.43. The largest absolute Gasteiger partial charge is 0.337 e. The zero-order valence-electron chi connectivity index (χ0n) is 12.3. The van der Waals surface area contributed by atoms with Crippen LogP contribution in [0.2, 0.25) is 0 Å². The highest BCUT2D eigenvalue weighted by molar-refractivity contribution is 7.13. The summed E-state index contributed by atoms with van der Waals surface area (Å²) in [4.78, 5) is 28.8. The molecule has 23 heavy (non-hydrogen) atoms. The van der Waals surface area contributed by atoms with E-state index in [1.54, 1.807) is 22.4 Å². The van der Waals surface area contributed by atoms with Crippen molar-refractivity contribution >= 4 is 22.9 Å². The average Bonchev–Trinajstić information content (AvgIpc) is 3.23. The minimum atomic E-state index is -0.443. The fourth-order valence-electron chi connectivity index (χ4n) is 2.60. The smallest absolute Gasteiger partial charge is 0.273 e. The summed E-state index contributed by atoms with van der Waals surface area (Å²) in [5, 5.41) is 13.1. The normalized spacial score (nSPS) is 17.4. The van der Waals surface area contributed by atoms with Gasteiger partial charge in [0.15, 0.2) is 0 Å². The van der Waals surface area contributed by atoms with E-state index in [0.717, 1.165) is 12.0 Å². The Morgan fingerprint density at radius 3 is 2.78 bits per heavy atom. The maximum absolute atomic E-state index is 12.4. The lowest BCUT2D eigenvalue weighted by Gasteiger charge is -2.14. The number of non-ortho nitro benzene ring substituents is 1. The topological polar surface area (TPSA) is 102 Å². The molecule has 2 N–H and O–H groups in total. The van der Waals surface area contributed by atoms with Crippen molar-refractivity contribution in [1.29, 1.82) is 0 Å². The van der Waals surface area contributed by atoms with Crippen LogP contribution in [0, 0.1) is 16.0 Å². The molecular formula is C15H16N4O3S. The highest BCUT2D eigenvalue weighted by atomic mass is 32.1. The molecule has 0 saturated carbocycles. The summed E-state index contributed by atoms with van der Waals surface area (Å²) in [6.45, 7) is 1.99. The van der Waals surface area contributed by atoms with Crippen LogP contribution in [0.3, 0.4) is 0 Å². The van der Waals surface area contributed by atoms with Crippen molar-refractivity contribution in [3.63, 3.8) is 0 Å². The number of nitrogens with zero attached hydrogens (tertiary/aromatic N) is 3. The molecule has 3 rings (SSSR count).